The molecule has 0 spiro atoms. The molecule has 0 aromatic heterocycles. The first kappa shape index (κ1) is 25.4. The number of hydrogen-bond donors (Lipinski definition) is 3. The number of hydrazone groups is 1. The number of esters is 1. The third kappa shape index (κ3) is 6.67. The van der Waals surface area contributed by atoms with Gasteiger partial charge in [-0.15, -0.1) is 0 Å². The highest BCUT2D eigenvalue weighted by Crippen LogP contribution is 2.28. The summed E-state index contributed by atoms with van der Waals surface area (Å²) in [6.07, 6.45) is 1.28. The average Bonchev–Trinajstić information content (AvgIpc) is 2.89. The van der Waals surface area contributed by atoms with Gasteiger partial charge in [0.25, 0.3) is 0 Å². The number of carbonyl (C=O) groups excluding carboxylic acids is 4. The van der Waals surface area contributed by atoms with Crippen LogP contribution in [0.15, 0.2) is 71.8 Å². The van der Waals surface area contributed by atoms with Crippen molar-refractivity contribution < 1.29 is 33.4 Å². The van der Waals surface area contributed by atoms with Crippen molar-refractivity contribution in [2.75, 3.05) is 19.5 Å². The fourth-order valence-electron chi connectivity index (χ4n) is 2.88. The second-order valence-corrected chi connectivity index (χ2v) is 7.13. The molecule has 0 aliphatic rings. The summed E-state index contributed by atoms with van der Waals surface area (Å²) < 4.78 is 15.8. The van der Waals surface area contributed by atoms with E-state index in [9.17, 15) is 19.2 Å². The van der Waals surface area contributed by atoms with Crippen LogP contribution in [-0.4, -0.2) is 44.1 Å². The maximum atomic E-state index is 12.5. The summed E-state index contributed by atoms with van der Waals surface area (Å²) in [6.45, 7) is 0. The van der Waals surface area contributed by atoms with Crippen LogP contribution in [0.25, 0.3) is 0 Å². The van der Waals surface area contributed by atoms with Crippen LogP contribution in [-0.2, 0) is 9.59 Å². The van der Waals surface area contributed by atoms with Crippen molar-refractivity contribution in [2.24, 2.45) is 10.8 Å². The Balaban J connectivity index is 1.59. The zero-order valence-electron chi connectivity index (χ0n) is 19.3. The SMILES string of the molecule is COc1cccc(C(=O)Oc2ccc(/C=N/NC(=O)C(=O)Nc3ccc(C(N)=O)cc3)cc2OC)c1. The monoisotopic (exact) mass is 490 g/mol. The van der Waals surface area contributed by atoms with Gasteiger partial charge in [-0.1, -0.05) is 6.07 Å². The Bertz CT molecular complexity index is 1320. The molecule has 0 unspecified atom stereocenters. The van der Waals surface area contributed by atoms with Crippen LogP contribution in [0.2, 0.25) is 0 Å². The largest absolute Gasteiger partial charge is 0.497 e. The number of hydrogen-bond acceptors (Lipinski definition) is 8. The lowest BCUT2D eigenvalue weighted by Crippen LogP contribution is -2.32. The van der Waals surface area contributed by atoms with E-state index in [2.05, 4.69) is 15.8 Å². The predicted octanol–water partition coefficient (Wildman–Crippen LogP) is 2.11. The topological polar surface area (TPSA) is 158 Å². The van der Waals surface area contributed by atoms with E-state index in [1.165, 1.54) is 56.8 Å². The molecule has 11 heteroatoms. The zero-order chi connectivity index (χ0) is 26.1. The van der Waals surface area contributed by atoms with Crippen LogP contribution in [0, 0.1) is 0 Å². The van der Waals surface area contributed by atoms with Gasteiger partial charge in [0.05, 0.1) is 26.0 Å². The Labute approximate surface area is 205 Å². The second-order valence-electron chi connectivity index (χ2n) is 7.13. The summed E-state index contributed by atoms with van der Waals surface area (Å²) in [6, 6.07) is 16.8. The molecule has 11 nitrogen and oxygen atoms in total. The van der Waals surface area contributed by atoms with E-state index in [1.54, 1.807) is 30.3 Å². The summed E-state index contributed by atoms with van der Waals surface area (Å²) >= 11 is 0. The molecular weight excluding hydrogens is 468 g/mol. The minimum Gasteiger partial charge on any atom is -0.497 e. The van der Waals surface area contributed by atoms with Crippen LogP contribution in [0.5, 0.6) is 17.2 Å². The van der Waals surface area contributed by atoms with E-state index in [0.717, 1.165) is 0 Å². The van der Waals surface area contributed by atoms with Crippen molar-refractivity contribution in [1.29, 1.82) is 0 Å². The minimum atomic E-state index is -1.01. The number of primary amides is 1. The van der Waals surface area contributed by atoms with E-state index < -0.39 is 23.7 Å². The van der Waals surface area contributed by atoms with E-state index >= 15 is 0 Å². The highest BCUT2D eigenvalue weighted by molar-refractivity contribution is 6.39. The van der Waals surface area contributed by atoms with Gasteiger partial charge < -0.3 is 25.3 Å². The summed E-state index contributed by atoms with van der Waals surface area (Å²) in [5, 5.41) is 6.12. The Morgan fingerprint density at radius 1 is 0.833 bits per heavy atom. The third-order valence-corrected chi connectivity index (χ3v) is 4.71. The molecule has 3 aromatic rings. The summed E-state index contributed by atoms with van der Waals surface area (Å²) in [7, 11) is 2.90. The molecule has 0 aliphatic heterocycles. The van der Waals surface area contributed by atoms with Crippen molar-refractivity contribution >= 4 is 35.6 Å². The molecule has 4 N–H and O–H groups in total. The average molecular weight is 490 g/mol. The second kappa shape index (κ2) is 11.8. The molecule has 3 aromatic carbocycles. The number of anilines is 1. The van der Waals surface area contributed by atoms with E-state index in [4.69, 9.17) is 19.9 Å². The maximum absolute atomic E-state index is 12.5. The molecule has 0 bridgehead atoms. The van der Waals surface area contributed by atoms with E-state index in [-0.39, 0.29) is 17.1 Å². The van der Waals surface area contributed by atoms with E-state index in [1.807, 2.05) is 0 Å². The smallest absolute Gasteiger partial charge is 0.343 e. The van der Waals surface area contributed by atoms with Crippen LogP contribution in [0.4, 0.5) is 5.69 Å². The number of nitrogens with zero attached hydrogens (tertiary/aromatic N) is 1. The molecule has 3 amide bonds. The van der Waals surface area contributed by atoms with E-state index in [0.29, 0.717) is 22.6 Å². The number of ether oxygens (including phenoxy) is 3. The standard InChI is InChI=1S/C25H22N4O7/c1-34-19-5-3-4-17(13-19)25(33)36-20-11-6-15(12-21(20)35-2)14-27-29-24(32)23(31)28-18-9-7-16(8-10-18)22(26)30/h3-14H,1-2H3,(H2,26,30)(H,28,31)(H,29,32)/b27-14+. The highest BCUT2D eigenvalue weighted by Gasteiger charge is 2.15. The van der Waals surface area contributed by atoms with Crippen LogP contribution >= 0.6 is 0 Å². The van der Waals surface area contributed by atoms with Crippen molar-refractivity contribution in [3.05, 3.63) is 83.4 Å². The minimum absolute atomic E-state index is 0.174. The number of rotatable bonds is 8. The fourth-order valence-corrected chi connectivity index (χ4v) is 2.88. The maximum Gasteiger partial charge on any atom is 0.343 e. The molecule has 0 atom stereocenters. The van der Waals surface area contributed by atoms with Gasteiger partial charge in [0, 0.05) is 11.3 Å². The molecule has 0 radical (unpaired) electrons. The summed E-state index contributed by atoms with van der Waals surface area (Å²) in [5.41, 5.74) is 8.62. The van der Waals surface area contributed by atoms with Crippen molar-refractivity contribution in [3.8, 4) is 17.2 Å². The third-order valence-electron chi connectivity index (χ3n) is 4.71. The highest BCUT2D eigenvalue weighted by atomic mass is 16.6. The number of carbonyl (C=O) groups is 4. The van der Waals surface area contributed by atoms with Crippen molar-refractivity contribution in [3.63, 3.8) is 0 Å². The molecule has 0 aliphatic carbocycles. The Morgan fingerprint density at radius 2 is 1.58 bits per heavy atom. The molecule has 184 valence electrons. The van der Waals surface area contributed by atoms with Gasteiger partial charge in [-0.2, -0.15) is 5.10 Å². The first-order valence-electron chi connectivity index (χ1n) is 10.4. The van der Waals surface area contributed by atoms with Gasteiger partial charge in [0.2, 0.25) is 5.91 Å². The molecule has 0 saturated heterocycles. The van der Waals surface area contributed by atoms with Gasteiger partial charge in [-0.3, -0.25) is 14.4 Å². The van der Waals surface area contributed by atoms with Crippen LogP contribution < -0.4 is 30.7 Å². The lowest BCUT2D eigenvalue weighted by Gasteiger charge is -2.10. The van der Waals surface area contributed by atoms with Crippen molar-refractivity contribution in [2.45, 2.75) is 0 Å². The number of benzene rings is 3. The quantitative estimate of drug-likeness (QED) is 0.143. The molecular formula is C25H22N4O7. The number of methoxy groups -OCH3 is 2. The van der Waals surface area contributed by atoms with Crippen LogP contribution in [0.1, 0.15) is 26.3 Å². The fraction of sp³-hybridized carbons (Fsp3) is 0.0800. The predicted molar refractivity (Wildman–Crippen MR) is 130 cm³/mol. The first-order chi connectivity index (χ1) is 17.3. The molecule has 3 rings (SSSR count). The van der Waals surface area contributed by atoms with Crippen molar-refractivity contribution in [1.82, 2.24) is 5.43 Å². The number of amides is 3. The lowest BCUT2D eigenvalue weighted by molar-refractivity contribution is -0.136. The van der Waals surface area contributed by atoms with Gasteiger partial charge in [-0.25, -0.2) is 10.2 Å². The Hall–Kier alpha value is -5.19. The summed E-state index contributed by atoms with van der Waals surface area (Å²) in [5.74, 6) is -2.25. The first-order valence-corrected chi connectivity index (χ1v) is 10.4. The molecule has 0 fully saturated rings. The molecule has 0 saturated carbocycles. The number of nitrogens with one attached hydrogen (secondary N) is 2. The van der Waals surface area contributed by atoms with Gasteiger partial charge in [0.1, 0.15) is 5.75 Å². The Morgan fingerprint density at radius 3 is 2.25 bits per heavy atom. The number of nitrogens with two attached hydrogens (primary N) is 1. The van der Waals surface area contributed by atoms with Crippen LogP contribution in [0.3, 0.4) is 0 Å². The van der Waals surface area contributed by atoms with Gasteiger partial charge >= 0.3 is 17.8 Å². The van der Waals surface area contributed by atoms with Gasteiger partial charge in [-0.05, 0) is 66.2 Å². The molecule has 36 heavy (non-hydrogen) atoms. The van der Waals surface area contributed by atoms with Gasteiger partial charge in [0.15, 0.2) is 11.5 Å². The zero-order valence-corrected chi connectivity index (χ0v) is 19.3. The lowest BCUT2D eigenvalue weighted by atomic mass is 10.2. The normalized spacial score (nSPS) is 10.4. The molecule has 0 heterocycles. The Kier molecular flexibility index (Phi) is 8.33. The summed E-state index contributed by atoms with van der Waals surface area (Å²) in [4.78, 5) is 47.5.